The Morgan fingerprint density at radius 1 is 1.00 bits per heavy atom. The zero-order valence-electron chi connectivity index (χ0n) is 14.8. The van der Waals surface area contributed by atoms with Gasteiger partial charge < -0.3 is 9.80 Å². The van der Waals surface area contributed by atoms with E-state index in [0.717, 1.165) is 36.3 Å². The minimum absolute atomic E-state index is 0.126. The predicted molar refractivity (Wildman–Crippen MR) is 107 cm³/mol. The second-order valence-corrected chi connectivity index (χ2v) is 7.79. The third kappa shape index (κ3) is 4.60. The van der Waals surface area contributed by atoms with E-state index in [1.54, 1.807) is 0 Å². The fraction of sp³-hybridized carbons (Fsp3) is 0.400. The van der Waals surface area contributed by atoms with Crippen LogP contribution >= 0.6 is 15.9 Å². The van der Waals surface area contributed by atoms with Crippen LogP contribution in [0.2, 0.25) is 0 Å². The van der Waals surface area contributed by atoms with Gasteiger partial charge in [-0.2, -0.15) is 0 Å². The molecule has 0 aliphatic carbocycles. The summed E-state index contributed by atoms with van der Waals surface area (Å²) in [5, 5.41) is 0. The number of aromatic nitrogens is 1. The number of piperazine rings is 1. The topological polar surface area (TPSA) is 36.4 Å². The number of anilines is 2. The summed E-state index contributed by atoms with van der Waals surface area (Å²) < 4.78 is 1.10. The molecule has 0 spiro atoms. The van der Waals surface area contributed by atoms with E-state index in [0.29, 0.717) is 18.0 Å². The Morgan fingerprint density at radius 3 is 2.08 bits per heavy atom. The molecule has 0 N–H and O–H groups in total. The molecule has 0 unspecified atom stereocenters. The molecule has 4 nitrogen and oxygen atoms in total. The van der Waals surface area contributed by atoms with Crippen LogP contribution in [-0.2, 0) is 0 Å². The van der Waals surface area contributed by atoms with E-state index in [2.05, 4.69) is 68.8 Å². The highest BCUT2D eigenvalue weighted by Crippen LogP contribution is 2.22. The zero-order valence-corrected chi connectivity index (χ0v) is 16.4. The van der Waals surface area contributed by atoms with E-state index in [9.17, 15) is 4.79 Å². The average molecular weight is 402 g/mol. The van der Waals surface area contributed by atoms with Crippen molar-refractivity contribution in [1.29, 1.82) is 0 Å². The molecule has 2 heterocycles. The normalized spacial score (nSPS) is 14.9. The van der Waals surface area contributed by atoms with Crippen molar-refractivity contribution in [3.8, 4) is 0 Å². The summed E-state index contributed by atoms with van der Waals surface area (Å²) in [7, 11) is 0. The van der Waals surface area contributed by atoms with Gasteiger partial charge in [0.25, 0.3) is 0 Å². The monoisotopic (exact) mass is 401 g/mol. The van der Waals surface area contributed by atoms with Gasteiger partial charge in [-0.15, -0.1) is 0 Å². The lowest BCUT2D eigenvalue weighted by Gasteiger charge is -2.37. The summed E-state index contributed by atoms with van der Waals surface area (Å²) in [6.07, 6.45) is 2.39. The van der Waals surface area contributed by atoms with Crippen LogP contribution < -0.4 is 9.80 Å². The number of hydrogen-bond acceptors (Lipinski definition) is 4. The molecular weight excluding hydrogens is 378 g/mol. The molecule has 1 aromatic carbocycles. The van der Waals surface area contributed by atoms with Gasteiger partial charge in [-0.1, -0.05) is 29.8 Å². The number of hydrogen-bond donors (Lipinski definition) is 0. The van der Waals surface area contributed by atoms with E-state index in [-0.39, 0.29) is 5.78 Å². The quantitative estimate of drug-likeness (QED) is 0.695. The van der Waals surface area contributed by atoms with Gasteiger partial charge in [0.15, 0.2) is 5.78 Å². The minimum atomic E-state index is 0.126. The second kappa shape index (κ2) is 8.00. The maximum atomic E-state index is 12.1. The molecule has 0 radical (unpaired) electrons. The maximum absolute atomic E-state index is 12.1. The van der Waals surface area contributed by atoms with Crippen molar-refractivity contribution in [2.24, 2.45) is 5.92 Å². The SMILES string of the molecule is CC(C)CC(=O)c1ccc(N2CCN(c3ccc(Br)cc3)CC2)cn1. The largest absolute Gasteiger partial charge is 0.368 e. The zero-order chi connectivity index (χ0) is 17.8. The van der Waals surface area contributed by atoms with Crippen molar-refractivity contribution in [3.63, 3.8) is 0 Å². The molecule has 5 heteroatoms. The first kappa shape index (κ1) is 17.9. The Kier molecular flexibility index (Phi) is 5.74. The van der Waals surface area contributed by atoms with E-state index in [1.807, 2.05) is 18.3 Å². The van der Waals surface area contributed by atoms with Crippen LogP contribution in [0.4, 0.5) is 11.4 Å². The van der Waals surface area contributed by atoms with Crippen molar-refractivity contribution in [2.75, 3.05) is 36.0 Å². The Labute approximate surface area is 158 Å². The predicted octanol–water partition coefficient (Wildman–Crippen LogP) is 4.40. The molecule has 0 amide bonds. The van der Waals surface area contributed by atoms with Gasteiger partial charge in [0.1, 0.15) is 5.69 Å². The van der Waals surface area contributed by atoms with E-state index < -0.39 is 0 Å². The summed E-state index contributed by atoms with van der Waals surface area (Å²) in [5.41, 5.74) is 2.93. The third-order valence-corrected chi connectivity index (χ3v) is 4.99. The molecule has 0 atom stereocenters. The average Bonchev–Trinajstić information content (AvgIpc) is 2.62. The van der Waals surface area contributed by atoms with Crippen LogP contribution in [0, 0.1) is 5.92 Å². The van der Waals surface area contributed by atoms with Crippen molar-refractivity contribution >= 4 is 33.1 Å². The fourth-order valence-corrected chi connectivity index (χ4v) is 3.35. The van der Waals surface area contributed by atoms with Crippen LogP contribution in [0.5, 0.6) is 0 Å². The first-order valence-corrected chi connectivity index (χ1v) is 9.57. The van der Waals surface area contributed by atoms with Gasteiger partial charge in [0.05, 0.1) is 11.9 Å². The first-order valence-electron chi connectivity index (χ1n) is 8.77. The van der Waals surface area contributed by atoms with Crippen molar-refractivity contribution < 1.29 is 4.79 Å². The number of Topliss-reactive ketones (excluding diaryl/α,β-unsaturated/α-hetero) is 1. The van der Waals surface area contributed by atoms with Crippen molar-refractivity contribution in [3.05, 3.63) is 52.8 Å². The number of pyridine rings is 1. The van der Waals surface area contributed by atoms with Crippen LogP contribution in [0.3, 0.4) is 0 Å². The summed E-state index contributed by atoms with van der Waals surface area (Å²) in [5.74, 6) is 0.488. The molecule has 132 valence electrons. The molecule has 1 aromatic heterocycles. The van der Waals surface area contributed by atoms with Gasteiger partial charge in [-0.3, -0.25) is 9.78 Å². The van der Waals surface area contributed by atoms with Gasteiger partial charge >= 0.3 is 0 Å². The number of carbonyl (C=O) groups is 1. The highest BCUT2D eigenvalue weighted by molar-refractivity contribution is 9.10. The lowest BCUT2D eigenvalue weighted by Crippen LogP contribution is -2.46. The summed E-state index contributed by atoms with van der Waals surface area (Å²) in [6, 6.07) is 12.3. The maximum Gasteiger partial charge on any atom is 0.181 e. The second-order valence-electron chi connectivity index (χ2n) is 6.87. The van der Waals surface area contributed by atoms with E-state index in [1.165, 1.54) is 5.69 Å². The highest BCUT2D eigenvalue weighted by atomic mass is 79.9. The molecule has 1 aliphatic rings. The third-order valence-electron chi connectivity index (χ3n) is 4.46. The van der Waals surface area contributed by atoms with E-state index in [4.69, 9.17) is 0 Å². The lowest BCUT2D eigenvalue weighted by atomic mass is 10.0. The van der Waals surface area contributed by atoms with Crippen molar-refractivity contribution in [1.82, 2.24) is 4.98 Å². The van der Waals surface area contributed by atoms with Gasteiger partial charge in [0.2, 0.25) is 0 Å². The number of carbonyl (C=O) groups excluding carboxylic acids is 1. The summed E-state index contributed by atoms with van der Waals surface area (Å²) in [4.78, 5) is 21.2. The molecule has 0 bridgehead atoms. The number of nitrogens with zero attached hydrogens (tertiary/aromatic N) is 3. The molecule has 2 aromatic rings. The summed E-state index contributed by atoms with van der Waals surface area (Å²) >= 11 is 3.48. The van der Waals surface area contributed by atoms with Gasteiger partial charge in [-0.05, 0) is 42.3 Å². The molecule has 3 rings (SSSR count). The minimum Gasteiger partial charge on any atom is -0.368 e. The van der Waals surface area contributed by atoms with Crippen LogP contribution in [0.25, 0.3) is 0 Å². The summed E-state index contributed by atoms with van der Waals surface area (Å²) in [6.45, 7) is 7.98. The number of rotatable bonds is 5. The standard InChI is InChI=1S/C20H24BrN3O/c1-15(2)13-20(25)19-8-7-18(14-22-19)24-11-9-23(10-12-24)17-5-3-16(21)4-6-17/h3-8,14-15H,9-13H2,1-2H3. The molecule has 1 fully saturated rings. The van der Waals surface area contributed by atoms with Crippen molar-refractivity contribution in [2.45, 2.75) is 20.3 Å². The molecule has 25 heavy (non-hydrogen) atoms. The Bertz CT molecular complexity index is 705. The molecule has 1 saturated heterocycles. The molecule has 0 saturated carbocycles. The fourth-order valence-electron chi connectivity index (χ4n) is 3.09. The highest BCUT2D eigenvalue weighted by Gasteiger charge is 2.18. The number of ketones is 1. The number of benzene rings is 1. The molecule has 1 aliphatic heterocycles. The Morgan fingerprint density at radius 2 is 1.56 bits per heavy atom. The smallest absolute Gasteiger partial charge is 0.181 e. The van der Waals surface area contributed by atoms with Gasteiger partial charge in [-0.25, -0.2) is 0 Å². The Hall–Kier alpha value is -1.88. The number of halogens is 1. The molecular formula is C20H24BrN3O. The van der Waals surface area contributed by atoms with Crippen LogP contribution in [0.1, 0.15) is 30.8 Å². The first-order chi connectivity index (χ1) is 12.0. The Balaban J connectivity index is 1.59. The van der Waals surface area contributed by atoms with Gasteiger partial charge in [0, 0.05) is 42.8 Å². The van der Waals surface area contributed by atoms with E-state index >= 15 is 0 Å². The van der Waals surface area contributed by atoms with Crippen LogP contribution in [-0.4, -0.2) is 36.9 Å². The van der Waals surface area contributed by atoms with Crippen LogP contribution in [0.15, 0.2) is 47.1 Å². The lowest BCUT2D eigenvalue weighted by molar-refractivity contribution is 0.0963.